The average molecular weight is 381 g/mol. The van der Waals surface area contributed by atoms with Crippen molar-refractivity contribution in [1.29, 1.82) is 0 Å². The Morgan fingerprint density at radius 2 is 2.13 bits per heavy atom. The maximum atomic E-state index is 12.1. The van der Waals surface area contributed by atoms with Gasteiger partial charge in [-0.1, -0.05) is 35.6 Å². The fourth-order valence-corrected chi connectivity index (χ4v) is 3.36. The van der Waals surface area contributed by atoms with Gasteiger partial charge in [-0.05, 0) is 31.0 Å². The number of carbonyl (C=O) groups excluding carboxylic acids is 1. The van der Waals surface area contributed by atoms with Crippen LogP contribution < -0.4 is 10.1 Å². The van der Waals surface area contributed by atoms with Crippen LogP contribution in [0.5, 0.6) is 5.75 Å². The summed E-state index contributed by atoms with van der Waals surface area (Å²) < 4.78 is 29.2. The van der Waals surface area contributed by atoms with Crippen LogP contribution in [0.4, 0.5) is 14.5 Å². The zero-order valence-corrected chi connectivity index (χ0v) is 14.4. The van der Waals surface area contributed by atoms with E-state index in [1.807, 2.05) is 0 Å². The topological polar surface area (TPSA) is 41.6 Å². The van der Waals surface area contributed by atoms with E-state index in [2.05, 4.69) is 15.0 Å². The third-order valence-corrected chi connectivity index (χ3v) is 4.94. The monoisotopic (exact) mass is 380 g/mol. The Hall–Kier alpha value is -1.12. The van der Waals surface area contributed by atoms with Gasteiger partial charge in [-0.3, -0.25) is 4.79 Å². The van der Waals surface area contributed by atoms with E-state index in [0.717, 1.165) is 30.3 Å². The molecule has 1 aliphatic rings. The molecule has 1 aromatic carbocycles. The number of nitrogens with zero attached hydrogens (tertiary/aromatic N) is 1. The number of benzene rings is 1. The summed E-state index contributed by atoms with van der Waals surface area (Å²) in [5.74, 6) is -0.193. The van der Waals surface area contributed by atoms with E-state index in [9.17, 15) is 13.6 Å². The molecule has 1 heterocycles. The van der Waals surface area contributed by atoms with Gasteiger partial charge in [0.25, 0.3) is 0 Å². The van der Waals surface area contributed by atoms with E-state index >= 15 is 0 Å². The number of hydrogen-bond acceptors (Lipinski definition) is 4. The smallest absolute Gasteiger partial charge is 0.387 e. The summed E-state index contributed by atoms with van der Waals surface area (Å²) in [6.45, 7) is -1.07. The highest BCUT2D eigenvalue weighted by molar-refractivity contribution is 8.23. The standard InChI is InChI=1S/C14H15ClF2N2O2S2/c15-10-7-9(3-4-11(10)21-13(16)17)18-12(20)8-23-14(22)19-5-1-2-6-19/h3-4,7,13H,1-2,5-6,8H2,(H,18,20). The molecule has 1 amide bonds. The van der Waals surface area contributed by atoms with Crippen molar-refractivity contribution in [3.05, 3.63) is 23.2 Å². The first-order valence-electron chi connectivity index (χ1n) is 6.91. The molecule has 0 radical (unpaired) electrons. The Balaban J connectivity index is 1.82. The summed E-state index contributed by atoms with van der Waals surface area (Å²) >= 11 is 12.4. The van der Waals surface area contributed by atoms with Crippen LogP contribution in [0.2, 0.25) is 5.02 Å². The maximum Gasteiger partial charge on any atom is 0.387 e. The molecular formula is C14H15ClF2N2O2S2. The molecule has 1 N–H and O–H groups in total. The molecule has 1 aromatic rings. The van der Waals surface area contributed by atoms with Crippen molar-refractivity contribution in [3.63, 3.8) is 0 Å². The Labute approximate surface area is 147 Å². The summed E-state index contributed by atoms with van der Waals surface area (Å²) in [6.07, 6.45) is 2.25. The van der Waals surface area contributed by atoms with Gasteiger partial charge < -0.3 is 15.0 Å². The van der Waals surface area contributed by atoms with Crippen molar-refractivity contribution in [2.45, 2.75) is 19.5 Å². The number of rotatable bonds is 5. The first-order chi connectivity index (χ1) is 11.0. The van der Waals surface area contributed by atoms with Gasteiger partial charge in [-0.15, -0.1) is 0 Å². The fraction of sp³-hybridized carbons (Fsp3) is 0.429. The molecular weight excluding hydrogens is 366 g/mol. The summed E-state index contributed by atoms with van der Waals surface area (Å²) in [5, 5.41) is 2.65. The molecule has 2 rings (SSSR count). The highest BCUT2D eigenvalue weighted by Crippen LogP contribution is 2.29. The van der Waals surface area contributed by atoms with Crippen molar-refractivity contribution < 1.29 is 18.3 Å². The molecule has 0 aliphatic carbocycles. The normalized spacial score (nSPS) is 14.2. The zero-order chi connectivity index (χ0) is 16.8. The molecule has 0 spiro atoms. The molecule has 0 atom stereocenters. The van der Waals surface area contributed by atoms with Crippen LogP contribution in [0.1, 0.15) is 12.8 Å². The highest BCUT2D eigenvalue weighted by atomic mass is 35.5. The van der Waals surface area contributed by atoms with E-state index < -0.39 is 6.61 Å². The number of nitrogens with one attached hydrogen (secondary N) is 1. The number of anilines is 1. The lowest BCUT2D eigenvalue weighted by atomic mass is 10.3. The number of halogens is 3. The average Bonchev–Trinajstić information content (AvgIpc) is 3.01. The SMILES string of the molecule is O=C(CSC(=S)N1CCCC1)Nc1ccc(OC(F)F)c(Cl)c1. The number of hydrogen-bond donors (Lipinski definition) is 1. The Morgan fingerprint density at radius 3 is 2.74 bits per heavy atom. The lowest BCUT2D eigenvalue weighted by molar-refractivity contribution is -0.113. The first kappa shape index (κ1) is 18.2. The van der Waals surface area contributed by atoms with Gasteiger partial charge in [0.2, 0.25) is 5.91 Å². The Kier molecular flexibility index (Phi) is 6.86. The molecule has 1 aliphatic heterocycles. The fourth-order valence-electron chi connectivity index (χ4n) is 2.09. The quantitative estimate of drug-likeness (QED) is 0.782. The van der Waals surface area contributed by atoms with Crippen molar-refractivity contribution in [1.82, 2.24) is 4.90 Å². The summed E-state index contributed by atoms with van der Waals surface area (Å²) in [6, 6.07) is 4.09. The van der Waals surface area contributed by atoms with Crippen LogP contribution in [0.3, 0.4) is 0 Å². The number of ether oxygens (including phenoxy) is 1. The molecule has 0 saturated carbocycles. The molecule has 1 saturated heterocycles. The minimum atomic E-state index is -2.95. The van der Waals surface area contributed by atoms with Crippen molar-refractivity contribution in [3.8, 4) is 5.75 Å². The molecule has 0 bridgehead atoms. The molecule has 4 nitrogen and oxygen atoms in total. The predicted molar refractivity (Wildman–Crippen MR) is 92.6 cm³/mol. The zero-order valence-electron chi connectivity index (χ0n) is 12.1. The van der Waals surface area contributed by atoms with Gasteiger partial charge >= 0.3 is 6.61 Å². The van der Waals surface area contributed by atoms with E-state index in [4.69, 9.17) is 23.8 Å². The largest absolute Gasteiger partial charge is 0.433 e. The predicted octanol–water partition coefficient (Wildman–Crippen LogP) is 3.99. The van der Waals surface area contributed by atoms with Gasteiger partial charge in [0.05, 0.1) is 10.8 Å². The minimum absolute atomic E-state index is 0.00309. The van der Waals surface area contributed by atoms with Crippen LogP contribution >= 0.6 is 35.6 Å². The third-order valence-electron chi connectivity index (χ3n) is 3.12. The number of carbonyl (C=O) groups is 1. The second-order valence-corrected chi connectivity index (χ2v) is 6.84. The molecule has 1 fully saturated rings. The number of alkyl halides is 2. The Bertz CT molecular complexity index is 584. The summed E-state index contributed by atoms with van der Waals surface area (Å²) in [5.41, 5.74) is 0.411. The summed E-state index contributed by atoms with van der Waals surface area (Å²) in [7, 11) is 0. The van der Waals surface area contributed by atoms with Crippen LogP contribution in [-0.2, 0) is 4.79 Å². The second-order valence-electron chi connectivity index (χ2n) is 4.82. The van der Waals surface area contributed by atoms with E-state index in [-0.39, 0.29) is 22.4 Å². The molecule has 126 valence electrons. The minimum Gasteiger partial charge on any atom is -0.433 e. The van der Waals surface area contributed by atoms with Gasteiger partial charge in [-0.25, -0.2) is 0 Å². The third kappa shape index (κ3) is 5.78. The van der Waals surface area contributed by atoms with Gasteiger partial charge in [-0.2, -0.15) is 8.78 Å². The Morgan fingerprint density at radius 1 is 1.43 bits per heavy atom. The lowest BCUT2D eigenvalue weighted by Crippen LogP contribution is -2.25. The number of amides is 1. The second kappa shape index (κ2) is 8.65. The highest BCUT2D eigenvalue weighted by Gasteiger charge is 2.16. The van der Waals surface area contributed by atoms with Gasteiger partial charge in [0, 0.05) is 18.8 Å². The van der Waals surface area contributed by atoms with Crippen LogP contribution in [0.25, 0.3) is 0 Å². The molecule has 9 heteroatoms. The van der Waals surface area contributed by atoms with Crippen molar-refractivity contribution in [2.24, 2.45) is 0 Å². The number of thiocarbonyl (C=S) groups is 1. The van der Waals surface area contributed by atoms with E-state index in [1.54, 1.807) is 0 Å². The van der Waals surface area contributed by atoms with E-state index in [0.29, 0.717) is 5.69 Å². The first-order valence-corrected chi connectivity index (χ1v) is 8.69. The van der Waals surface area contributed by atoms with Gasteiger partial charge in [0.15, 0.2) is 0 Å². The lowest BCUT2D eigenvalue weighted by Gasteiger charge is -2.17. The number of likely N-dealkylation sites (tertiary alicyclic amines) is 1. The molecule has 23 heavy (non-hydrogen) atoms. The van der Waals surface area contributed by atoms with Crippen LogP contribution in [0.15, 0.2) is 18.2 Å². The molecule has 0 aromatic heterocycles. The number of thioether (sulfide) groups is 1. The molecule has 0 unspecified atom stereocenters. The van der Waals surface area contributed by atoms with E-state index in [1.165, 1.54) is 30.0 Å². The summed E-state index contributed by atoms with van der Waals surface area (Å²) in [4.78, 5) is 14.0. The van der Waals surface area contributed by atoms with Gasteiger partial charge in [0.1, 0.15) is 10.1 Å². The van der Waals surface area contributed by atoms with Crippen LogP contribution in [-0.4, -0.2) is 40.6 Å². The van der Waals surface area contributed by atoms with Crippen molar-refractivity contribution in [2.75, 3.05) is 24.2 Å². The van der Waals surface area contributed by atoms with Crippen molar-refractivity contribution >= 4 is 51.5 Å². The van der Waals surface area contributed by atoms with Crippen LogP contribution in [0, 0.1) is 0 Å². The maximum absolute atomic E-state index is 12.1.